The predicted molar refractivity (Wildman–Crippen MR) is 71.1 cm³/mol. The third kappa shape index (κ3) is 1.97. The van der Waals surface area contributed by atoms with Crippen LogP contribution in [-0.4, -0.2) is 21.0 Å². The van der Waals surface area contributed by atoms with E-state index in [1.807, 2.05) is 12.3 Å². The van der Waals surface area contributed by atoms with Crippen molar-refractivity contribution in [3.05, 3.63) is 52.1 Å². The van der Waals surface area contributed by atoms with Gasteiger partial charge in [-0.05, 0) is 12.1 Å². The molecule has 100 valence electrons. The molecule has 2 aromatic rings. The quantitative estimate of drug-likeness (QED) is 0.611. The van der Waals surface area contributed by atoms with Crippen molar-refractivity contribution >= 4 is 11.4 Å². The molecule has 0 aliphatic carbocycles. The summed E-state index contributed by atoms with van der Waals surface area (Å²) < 4.78 is 2.08. The van der Waals surface area contributed by atoms with Gasteiger partial charge in [0.1, 0.15) is 17.5 Å². The molecule has 7 heteroatoms. The molecule has 20 heavy (non-hydrogen) atoms. The average Bonchev–Trinajstić information content (AvgIpc) is 2.93. The molecule has 3 rings (SSSR count). The van der Waals surface area contributed by atoms with Crippen LogP contribution in [0.4, 0.5) is 11.4 Å². The fraction of sp³-hybridized carbons (Fsp3) is 0.231. The van der Waals surface area contributed by atoms with Crippen LogP contribution in [0.1, 0.15) is 11.4 Å². The highest BCUT2D eigenvalue weighted by Crippen LogP contribution is 2.26. The van der Waals surface area contributed by atoms with Crippen LogP contribution in [0.15, 0.2) is 30.6 Å². The Bertz CT molecular complexity index is 716. The zero-order valence-electron chi connectivity index (χ0n) is 10.6. The molecule has 1 aromatic heterocycles. The van der Waals surface area contributed by atoms with Gasteiger partial charge in [0, 0.05) is 37.2 Å². The van der Waals surface area contributed by atoms with Crippen molar-refractivity contribution < 1.29 is 4.92 Å². The van der Waals surface area contributed by atoms with Gasteiger partial charge >= 0.3 is 0 Å². The van der Waals surface area contributed by atoms with E-state index >= 15 is 0 Å². The summed E-state index contributed by atoms with van der Waals surface area (Å²) in [5.74, 6) is 0.952. The first-order valence-electron chi connectivity index (χ1n) is 6.12. The van der Waals surface area contributed by atoms with Crippen LogP contribution in [0.3, 0.4) is 0 Å². The molecule has 0 unspecified atom stereocenters. The number of benzene rings is 1. The second kappa shape index (κ2) is 4.66. The largest absolute Gasteiger partial charge is 0.362 e. The van der Waals surface area contributed by atoms with Gasteiger partial charge in [0.15, 0.2) is 0 Å². The first-order chi connectivity index (χ1) is 9.69. The fourth-order valence-corrected chi connectivity index (χ4v) is 2.36. The van der Waals surface area contributed by atoms with Gasteiger partial charge in [-0.2, -0.15) is 5.26 Å². The van der Waals surface area contributed by atoms with Crippen LogP contribution in [-0.2, 0) is 13.1 Å². The second-order valence-electron chi connectivity index (χ2n) is 4.53. The SMILES string of the molecule is N#Cc1cc(N2CCn3ccnc3C2)ccc1[N+](=O)[O-]. The number of hydrogen-bond donors (Lipinski definition) is 0. The Morgan fingerprint density at radius 3 is 3.00 bits per heavy atom. The summed E-state index contributed by atoms with van der Waals surface area (Å²) in [6.45, 7) is 2.23. The summed E-state index contributed by atoms with van der Waals surface area (Å²) in [6.07, 6.45) is 3.69. The van der Waals surface area contributed by atoms with Crippen molar-refractivity contribution in [2.45, 2.75) is 13.1 Å². The van der Waals surface area contributed by atoms with Crippen molar-refractivity contribution in [1.29, 1.82) is 5.26 Å². The third-order valence-corrected chi connectivity index (χ3v) is 3.41. The van der Waals surface area contributed by atoms with E-state index in [9.17, 15) is 10.1 Å². The summed E-state index contributed by atoms with van der Waals surface area (Å²) in [4.78, 5) is 16.6. The molecule has 0 saturated heterocycles. The molecular formula is C13H11N5O2. The maximum Gasteiger partial charge on any atom is 0.287 e. The standard InChI is InChI=1S/C13H11N5O2/c14-8-10-7-11(1-2-12(10)18(19)20)17-6-5-16-4-3-15-13(16)9-17/h1-4,7H,5-6,9H2. The molecule has 2 heterocycles. The Kier molecular flexibility index (Phi) is 2.84. The van der Waals surface area contributed by atoms with Gasteiger partial charge in [0.05, 0.1) is 11.5 Å². The van der Waals surface area contributed by atoms with Gasteiger partial charge in [-0.15, -0.1) is 0 Å². The number of nitro benzene ring substituents is 1. The van der Waals surface area contributed by atoms with Crippen LogP contribution >= 0.6 is 0 Å². The third-order valence-electron chi connectivity index (χ3n) is 3.41. The van der Waals surface area contributed by atoms with Crippen molar-refractivity contribution in [2.24, 2.45) is 0 Å². The maximum absolute atomic E-state index is 10.8. The summed E-state index contributed by atoms with van der Waals surface area (Å²) in [7, 11) is 0. The average molecular weight is 269 g/mol. The van der Waals surface area contributed by atoms with Crippen molar-refractivity contribution in [3.8, 4) is 6.07 Å². The second-order valence-corrected chi connectivity index (χ2v) is 4.53. The first kappa shape index (κ1) is 12.2. The lowest BCUT2D eigenvalue weighted by atomic mass is 10.1. The highest BCUT2D eigenvalue weighted by atomic mass is 16.6. The van der Waals surface area contributed by atoms with Crippen LogP contribution in [0, 0.1) is 21.4 Å². The zero-order valence-corrected chi connectivity index (χ0v) is 10.6. The van der Waals surface area contributed by atoms with E-state index in [1.165, 1.54) is 6.07 Å². The molecule has 0 amide bonds. The van der Waals surface area contributed by atoms with E-state index in [0.29, 0.717) is 6.54 Å². The summed E-state index contributed by atoms with van der Waals surface area (Å²) >= 11 is 0. The summed E-state index contributed by atoms with van der Waals surface area (Å²) in [5, 5.41) is 19.9. The van der Waals surface area contributed by atoms with Gasteiger partial charge < -0.3 is 9.47 Å². The molecule has 1 aliphatic rings. The topological polar surface area (TPSA) is 88.0 Å². The van der Waals surface area contributed by atoms with Crippen LogP contribution in [0.2, 0.25) is 0 Å². The Hall–Kier alpha value is -2.88. The van der Waals surface area contributed by atoms with E-state index < -0.39 is 4.92 Å². The number of nitrogens with zero attached hydrogens (tertiary/aromatic N) is 5. The molecule has 0 radical (unpaired) electrons. The Labute approximate surface area is 114 Å². The highest BCUT2D eigenvalue weighted by molar-refractivity contribution is 5.60. The van der Waals surface area contributed by atoms with Gasteiger partial charge in [0.25, 0.3) is 5.69 Å². The number of imidazole rings is 1. The van der Waals surface area contributed by atoms with Crippen LogP contribution in [0.25, 0.3) is 0 Å². The minimum Gasteiger partial charge on any atom is -0.362 e. The van der Waals surface area contributed by atoms with Crippen LogP contribution in [0.5, 0.6) is 0 Å². The number of aromatic nitrogens is 2. The molecule has 1 aromatic carbocycles. The number of nitriles is 1. The number of fused-ring (bicyclic) bond motifs is 1. The molecule has 7 nitrogen and oxygen atoms in total. The fourth-order valence-electron chi connectivity index (χ4n) is 2.36. The van der Waals surface area contributed by atoms with E-state index in [-0.39, 0.29) is 11.3 Å². The number of hydrogen-bond acceptors (Lipinski definition) is 5. The molecule has 0 spiro atoms. The lowest BCUT2D eigenvalue weighted by Gasteiger charge is -2.29. The Morgan fingerprint density at radius 1 is 1.40 bits per heavy atom. The molecular weight excluding hydrogens is 258 g/mol. The maximum atomic E-state index is 10.8. The van der Waals surface area contributed by atoms with Gasteiger partial charge in [0.2, 0.25) is 0 Å². The molecule has 0 N–H and O–H groups in total. The molecule has 0 saturated carbocycles. The lowest BCUT2D eigenvalue weighted by Crippen LogP contribution is -2.33. The highest BCUT2D eigenvalue weighted by Gasteiger charge is 2.20. The smallest absolute Gasteiger partial charge is 0.287 e. The van der Waals surface area contributed by atoms with Gasteiger partial charge in [-0.25, -0.2) is 4.98 Å². The van der Waals surface area contributed by atoms with Crippen LogP contribution < -0.4 is 4.90 Å². The molecule has 1 aliphatic heterocycles. The zero-order chi connectivity index (χ0) is 14.1. The van der Waals surface area contributed by atoms with E-state index in [0.717, 1.165) is 24.6 Å². The number of rotatable bonds is 2. The lowest BCUT2D eigenvalue weighted by molar-refractivity contribution is -0.385. The number of anilines is 1. The Morgan fingerprint density at radius 2 is 2.25 bits per heavy atom. The normalized spacial score (nSPS) is 13.7. The van der Waals surface area contributed by atoms with Crippen molar-refractivity contribution in [1.82, 2.24) is 9.55 Å². The number of nitro groups is 1. The van der Waals surface area contributed by atoms with Crippen molar-refractivity contribution in [3.63, 3.8) is 0 Å². The monoisotopic (exact) mass is 269 g/mol. The molecule has 0 fully saturated rings. The van der Waals surface area contributed by atoms with Crippen molar-refractivity contribution in [2.75, 3.05) is 11.4 Å². The van der Waals surface area contributed by atoms with E-state index in [2.05, 4.69) is 14.5 Å². The van der Waals surface area contributed by atoms with E-state index in [4.69, 9.17) is 5.26 Å². The summed E-state index contributed by atoms with van der Waals surface area (Å²) in [6, 6.07) is 6.51. The Balaban J connectivity index is 1.93. The van der Waals surface area contributed by atoms with Gasteiger partial charge in [-0.3, -0.25) is 10.1 Å². The minimum absolute atomic E-state index is 0.0846. The minimum atomic E-state index is -0.536. The summed E-state index contributed by atoms with van der Waals surface area (Å²) in [5.41, 5.74) is 0.734. The molecule has 0 atom stereocenters. The van der Waals surface area contributed by atoms with E-state index in [1.54, 1.807) is 18.3 Å². The van der Waals surface area contributed by atoms with Gasteiger partial charge in [-0.1, -0.05) is 0 Å². The predicted octanol–water partition coefficient (Wildman–Crippen LogP) is 1.68. The molecule has 0 bridgehead atoms. The first-order valence-corrected chi connectivity index (χ1v) is 6.12.